The van der Waals surface area contributed by atoms with Crippen LogP contribution in [0.2, 0.25) is 0 Å². The summed E-state index contributed by atoms with van der Waals surface area (Å²) in [6, 6.07) is 9.77. The number of benzene rings is 1. The summed E-state index contributed by atoms with van der Waals surface area (Å²) < 4.78 is 5.43. The number of pyridine rings is 1. The van der Waals surface area contributed by atoms with Crippen molar-refractivity contribution in [2.75, 3.05) is 51.3 Å². The molecule has 2 aromatic heterocycles. The SMILES string of the molecule is Cc1c(C=C2C(=O)Nc3cccc(-c4ccncc4)c32)[nH]c2c1C(=O)N(CCN1CCOCC1)CC2. The Hall–Kier alpha value is -3.75. The van der Waals surface area contributed by atoms with Crippen LogP contribution in [0.4, 0.5) is 5.69 Å². The van der Waals surface area contributed by atoms with Crippen LogP contribution < -0.4 is 5.32 Å². The van der Waals surface area contributed by atoms with Crippen molar-refractivity contribution in [3.05, 3.63) is 70.8 Å². The van der Waals surface area contributed by atoms with Crippen LogP contribution in [-0.2, 0) is 16.0 Å². The summed E-state index contributed by atoms with van der Waals surface area (Å²) in [5.41, 5.74) is 7.63. The molecule has 1 fully saturated rings. The number of hydrogen-bond acceptors (Lipinski definition) is 5. The molecule has 0 spiro atoms. The molecule has 0 atom stereocenters. The molecule has 6 rings (SSSR count). The van der Waals surface area contributed by atoms with Crippen LogP contribution in [0.15, 0.2) is 42.7 Å². The number of morpholine rings is 1. The van der Waals surface area contributed by atoms with Gasteiger partial charge in [0.2, 0.25) is 0 Å². The minimum absolute atomic E-state index is 0.0663. The summed E-state index contributed by atoms with van der Waals surface area (Å²) in [7, 11) is 0. The first-order valence-corrected chi connectivity index (χ1v) is 12.5. The summed E-state index contributed by atoms with van der Waals surface area (Å²) in [5, 5.41) is 3.00. The summed E-state index contributed by atoms with van der Waals surface area (Å²) in [4.78, 5) is 38.3. The third-order valence-electron chi connectivity index (χ3n) is 7.40. The van der Waals surface area contributed by atoms with E-state index >= 15 is 0 Å². The van der Waals surface area contributed by atoms with Gasteiger partial charge in [-0.25, -0.2) is 0 Å². The highest BCUT2D eigenvalue weighted by molar-refractivity contribution is 6.36. The number of ether oxygens (including phenoxy) is 1. The number of rotatable bonds is 5. The van der Waals surface area contributed by atoms with Gasteiger partial charge in [-0.15, -0.1) is 0 Å². The Morgan fingerprint density at radius 2 is 1.83 bits per heavy atom. The highest BCUT2D eigenvalue weighted by Crippen LogP contribution is 2.40. The Balaban J connectivity index is 1.31. The molecule has 1 saturated heterocycles. The topological polar surface area (TPSA) is 90.6 Å². The van der Waals surface area contributed by atoms with Gasteiger partial charge in [0.05, 0.1) is 24.4 Å². The third-order valence-corrected chi connectivity index (χ3v) is 7.40. The number of amides is 2. The van der Waals surface area contributed by atoms with Gasteiger partial charge in [0, 0.05) is 74.2 Å². The van der Waals surface area contributed by atoms with E-state index in [1.165, 1.54) is 0 Å². The van der Waals surface area contributed by atoms with Gasteiger partial charge >= 0.3 is 0 Å². The first kappa shape index (κ1) is 22.7. The third kappa shape index (κ3) is 4.02. The van der Waals surface area contributed by atoms with Crippen LogP contribution in [0.5, 0.6) is 0 Å². The van der Waals surface area contributed by atoms with Gasteiger partial charge in [-0.05, 0) is 47.9 Å². The first-order valence-electron chi connectivity index (χ1n) is 12.5. The molecular weight excluding hydrogens is 454 g/mol. The lowest BCUT2D eigenvalue weighted by atomic mass is 9.94. The fraction of sp³-hybridized carbons (Fsp3) is 0.321. The lowest BCUT2D eigenvalue weighted by molar-refractivity contribution is -0.110. The van der Waals surface area contributed by atoms with E-state index in [1.807, 2.05) is 48.2 Å². The molecule has 8 heteroatoms. The second-order valence-electron chi connectivity index (χ2n) is 9.49. The number of nitrogens with one attached hydrogen (secondary N) is 2. The van der Waals surface area contributed by atoms with Gasteiger partial charge < -0.3 is 19.9 Å². The van der Waals surface area contributed by atoms with Crippen LogP contribution >= 0.6 is 0 Å². The summed E-state index contributed by atoms with van der Waals surface area (Å²) in [6.07, 6.45) is 6.17. The van der Waals surface area contributed by atoms with E-state index in [4.69, 9.17) is 4.74 Å². The molecule has 2 N–H and O–H groups in total. The standard InChI is InChI=1S/C28H29N5O3/c1-18-24(30-23-7-10-33(28(35)25(18)23)12-11-32-13-15-36-16-14-32)17-21-26-20(19-5-8-29-9-6-19)3-2-4-22(26)31-27(21)34/h2-6,8-9,17,30H,7,10-16H2,1H3,(H,31,34). The zero-order valence-corrected chi connectivity index (χ0v) is 20.3. The molecule has 3 aromatic rings. The number of aromatic nitrogens is 2. The normalized spacial score (nSPS) is 18.9. The Morgan fingerprint density at radius 1 is 1.03 bits per heavy atom. The smallest absolute Gasteiger partial charge is 0.256 e. The maximum Gasteiger partial charge on any atom is 0.256 e. The molecule has 1 aromatic carbocycles. The highest BCUT2D eigenvalue weighted by Gasteiger charge is 2.31. The van der Waals surface area contributed by atoms with Gasteiger partial charge in [-0.2, -0.15) is 0 Å². The Bertz CT molecular complexity index is 1360. The van der Waals surface area contributed by atoms with Gasteiger partial charge in [0.1, 0.15) is 0 Å². The second-order valence-corrected chi connectivity index (χ2v) is 9.49. The number of nitrogens with zero attached hydrogens (tertiary/aromatic N) is 3. The lowest BCUT2D eigenvalue weighted by Crippen LogP contribution is -2.45. The van der Waals surface area contributed by atoms with Crippen LogP contribution in [-0.4, -0.2) is 77.5 Å². The van der Waals surface area contributed by atoms with E-state index in [1.54, 1.807) is 12.4 Å². The largest absolute Gasteiger partial charge is 0.379 e. The lowest BCUT2D eigenvalue weighted by Gasteiger charge is -2.32. The molecule has 8 nitrogen and oxygen atoms in total. The Labute approximate surface area is 210 Å². The molecule has 5 heterocycles. The Kier molecular flexibility index (Phi) is 5.91. The van der Waals surface area contributed by atoms with Crippen molar-refractivity contribution in [2.45, 2.75) is 13.3 Å². The number of fused-ring (bicyclic) bond motifs is 2. The predicted octanol–water partition coefficient (Wildman–Crippen LogP) is 3.21. The van der Waals surface area contributed by atoms with Crippen molar-refractivity contribution in [2.24, 2.45) is 0 Å². The van der Waals surface area contributed by atoms with Crippen molar-refractivity contribution in [3.63, 3.8) is 0 Å². The van der Waals surface area contributed by atoms with Crippen LogP contribution in [0.1, 0.15) is 32.9 Å². The molecule has 0 radical (unpaired) electrons. The second kappa shape index (κ2) is 9.37. The van der Waals surface area contributed by atoms with Crippen molar-refractivity contribution >= 4 is 29.2 Å². The maximum atomic E-state index is 13.4. The van der Waals surface area contributed by atoms with Gasteiger partial charge in [0.15, 0.2) is 0 Å². The highest BCUT2D eigenvalue weighted by atomic mass is 16.5. The van der Waals surface area contributed by atoms with Crippen molar-refractivity contribution in [1.82, 2.24) is 19.8 Å². The minimum atomic E-state index is -0.142. The molecule has 2 amide bonds. The van der Waals surface area contributed by atoms with E-state index in [0.717, 1.165) is 84.2 Å². The number of hydrogen-bond donors (Lipinski definition) is 2. The Morgan fingerprint density at radius 3 is 2.64 bits per heavy atom. The molecule has 36 heavy (non-hydrogen) atoms. The van der Waals surface area contributed by atoms with Crippen LogP contribution in [0.25, 0.3) is 22.8 Å². The van der Waals surface area contributed by atoms with Gasteiger partial charge in [-0.3, -0.25) is 19.5 Å². The zero-order chi connectivity index (χ0) is 24.6. The van der Waals surface area contributed by atoms with Crippen molar-refractivity contribution in [1.29, 1.82) is 0 Å². The predicted molar refractivity (Wildman–Crippen MR) is 139 cm³/mol. The molecular formula is C28H29N5O3. The summed E-state index contributed by atoms with van der Waals surface area (Å²) >= 11 is 0. The van der Waals surface area contributed by atoms with E-state index in [2.05, 4.69) is 20.2 Å². The molecule has 0 bridgehead atoms. The molecule has 3 aliphatic heterocycles. The van der Waals surface area contributed by atoms with E-state index in [9.17, 15) is 9.59 Å². The van der Waals surface area contributed by atoms with Crippen LogP contribution in [0.3, 0.4) is 0 Å². The fourth-order valence-corrected chi connectivity index (χ4v) is 5.41. The summed E-state index contributed by atoms with van der Waals surface area (Å²) in [6.45, 7) is 7.58. The fourth-order valence-electron chi connectivity index (χ4n) is 5.41. The number of carbonyl (C=O) groups excluding carboxylic acids is 2. The average molecular weight is 484 g/mol. The average Bonchev–Trinajstić information content (AvgIpc) is 3.41. The van der Waals surface area contributed by atoms with Gasteiger partial charge in [-0.1, -0.05) is 12.1 Å². The van der Waals surface area contributed by atoms with Gasteiger partial charge in [0.25, 0.3) is 11.8 Å². The molecule has 0 saturated carbocycles. The number of aromatic amines is 1. The number of anilines is 1. The monoisotopic (exact) mass is 483 g/mol. The quantitative estimate of drug-likeness (QED) is 0.544. The van der Waals surface area contributed by atoms with Crippen LogP contribution in [0, 0.1) is 6.92 Å². The zero-order valence-electron chi connectivity index (χ0n) is 20.3. The summed E-state index contributed by atoms with van der Waals surface area (Å²) in [5.74, 6) is -0.0754. The minimum Gasteiger partial charge on any atom is -0.379 e. The van der Waals surface area contributed by atoms with E-state index in [-0.39, 0.29) is 11.8 Å². The molecule has 3 aliphatic rings. The van der Waals surface area contributed by atoms with Crippen molar-refractivity contribution < 1.29 is 14.3 Å². The molecule has 0 aliphatic carbocycles. The molecule has 0 unspecified atom stereocenters. The number of carbonyl (C=O) groups is 2. The number of H-pyrrole nitrogens is 1. The first-order chi connectivity index (χ1) is 17.6. The molecule has 184 valence electrons. The van der Waals surface area contributed by atoms with E-state index < -0.39 is 0 Å². The maximum absolute atomic E-state index is 13.4. The van der Waals surface area contributed by atoms with Crippen molar-refractivity contribution in [3.8, 4) is 11.1 Å². The van der Waals surface area contributed by atoms with E-state index in [0.29, 0.717) is 18.7 Å².